The molecule has 1 aromatic rings. The normalized spacial score (nSPS) is 12.5. The topological polar surface area (TPSA) is 77.8 Å². The molecule has 4 nitrogen and oxygen atoms in total. The molecule has 70 valence electrons. The summed E-state index contributed by atoms with van der Waals surface area (Å²) in [5, 5.41) is 26.7. The van der Waals surface area contributed by atoms with Crippen molar-refractivity contribution in [1.29, 1.82) is 0 Å². The molecule has 0 heterocycles. The van der Waals surface area contributed by atoms with Crippen LogP contribution in [0.15, 0.2) is 18.2 Å². The summed E-state index contributed by atoms with van der Waals surface area (Å²) in [6.07, 6.45) is -1.66. The molecule has 1 aromatic carbocycles. The molecule has 0 aromatic heterocycles. The van der Waals surface area contributed by atoms with Gasteiger partial charge in [0.2, 0.25) is 0 Å². The van der Waals surface area contributed by atoms with Crippen molar-refractivity contribution in [1.82, 2.24) is 0 Å². The SMILES string of the molecule is O=C(O)[C@@H](O)c1cc(O)cc(Cl)c1. The van der Waals surface area contributed by atoms with E-state index in [2.05, 4.69) is 0 Å². The van der Waals surface area contributed by atoms with Gasteiger partial charge in [0, 0.05) is 5.02 Å². The minimum atomic E-state index is -1.66. The minimum Gasteiger partial charge on any atom is -0.508 e. The van der Waals surface area contributed by atoms with E-state index in [1.165, 1.54) is 12.1 Å². The van der Waals surface area contributed by atoms with E-state index in [9.17, 15) is 4.79 Å². The van der Waals surface area contributed by atoms with Crippen LogP contribution in [-0.4, -0.2) is 21.3 Å². The molecule has 0 aliphatic heterocycles. The van der Waals surface area contributed by atoms with Crippen molar-refractivity contribution < 1.29 is 20.1 Å². The fourth-order valence-corrected chi connectivity index (χ4v) is 1.13. The summed E-state index contributed by atoms with van der Waals surface area (Å²) in [5.41, 5.74) is 0.0532. The van der Waals surface area contributed by atoms with Crippen LogP contribution in [0.4, 0.5) is 0 Å². The second-order valence-corrected chi connectivity index (χ2v) is 2.92. The molecule has 0 aliphatic carbocycles. The largest absolute Gasteiger partial charge is 0.508 e. The monoisotopic (exact) mass is 202 g/mol. The highest BCUT2D eigenvalue weighted by molar-refractivity contribution is 6.30. The first kappa shape index (κ1) is 9.83. The molecule has 0 bridgehead atoms. The van der Waals surface area contributed by atoms with Crippen LogP contribution >= 0.6 is 11.6 Å². The Morgan fingerprint density at radius 3 is 2.46 bits per heavy atom. The first-order chi connectivity index (χ1) is 6.00. The number of aliphatic hydroxyl groups excluding tert-OH is 1. The lowest BCUT2D eigenvalue weighted by Crippen LogP contribution is -2.10. The minimum absolute atomic E-state index is 0.0532. The number of carbonyl (C=O) groups is 1. The maximum Gasteiger partial charge on any atom is 0.337 e. The van der Waals surface area contributed by atoms with E-state index in [0.717, 1.165) is 6.07 Å². The van der Waals surface area contributed by atoms with E-state index in [0.29, 0.717) is 0 Å². The molecule has 0 saturated heterocycles. The highest BCUT2D eigenvalue weighted by Crippen LogP contribution is 2.24. The van der Waals surface area contributed by atoms with Gasteiger partial charge in [-0.05, 0) is 23.8 Å². The summed E-state index contributed by atoms with van der Waals surface area (Å²) in [7, 11) is 0. The maximum atomic E-state index is 10.3. The average molecular weight is 203 g/mol. The number of halogens is 1. The average Bonchev–Trinajstić information content (AvgIpc) is 2.01. The Bertz CT molecular complexity index is 317. The van der Waals surface area contributed by atoms with Gasteiger partial charge in [0.25, 0.3) is 0 Å². The molecule has 0 spiro atoms. The number of phenols is 1. The van der Waals surface area contributed by atoms with Gasteiger partial charge in [-0.25, -0.2) is 4.79 Å². The zero-order valence-corrected chi connectivity index (χ0v) is 7.19. The predicted molar refractivity (Wildman–Crippen MR) is 45.7 cm³/mol. The van der Waals surface area contributed by atoms with Crippen molar-refractivity contribution in [3.05, 3.63) is 28.8 Å². The second kappa shape index (κ2) is 3.64. The van der Waals surface area contributed by atoms with Gasteiger partial charge in [-0.3, -0.25) is 0 Å². The third-order valence-electron chi connectivity index (χ3n) is 1.45. The summed E-state index contributed by atoms with van der Waals surface area (Å²) in [6.45, 7) is 0. The van der Waals surface area contributed by atoms with Gasteiger partial charge in [-0.1, -0.05) is 11.6 Å². The molecule has 0 unspecified atom stereocenters. The van der Waals surface area contributed by atoms with Crippen molar-refractivity contribution in [3.8, 4) is 5.75 Å². The molecule has 1 rings (SSSR count). The standard InChI is InChI=1S/C8H7ClO4/c9-5-1-4(2-6(10)3-5)7(11)8(12)13/h1-3,7,10-11H,(H,12,13)/t7-/m0/s1. The Labute approximate surface area is 79.0 Å². The molecule has 0 radical (unpaired) electrons. The smallest absolute Gasteiger partial charge is 0.337 e. The van der Waals surface area contributed by atoms with Gasteiger partial charge in [-0.2, -0.15) is 0 Å². The number of hydrogen-bond acceptors (Lipinski definition) is 3. The van der Waals surface area contributed by atoms with Crippen LogP contribution in [0.5, 0.6) is 5.75 Å². The van der Waals surface area contributed by atoms with Gasteiger partial charge in [0.1, 0.15) is 5.75 Å². The van der Waals surface area contributed by atoms with Crippen molar-refractivity contribution >= 4 is 17.6 Å². The van der Waals surface area contributed by atoms with Crippen LogP contribution in [0.25, 0.3) is 0 Å². The third-order valence-corrected chi connectivity index (χ3v) is 1.67. The second-order valence-electron chi connectivity index (χ2n) is 2.48. The van der Waals surface area contributed by atoms with Crippen molar-refractivity contribution in [2.45, 2.75) is 6.10 Å². The van der Waals surface area contributed by atoms with Gasteiger partial charge >= 0.3 is 5.97 Å². The van der Waals surface area contributed by atoms with E-state index in [1.807, 2.05) is 0 Å². The third kappa shape index (κ3) is 2.34. The molecule has 3 N–H and O–H groups in total. The number of aliphatic hydroxyl groups is 1. The lowest BCUT2D eigenvalue weighted by Gasteiger charge is -2.06. The van der Waals surface area contributed by atoms with E-state index in [4.69, 9.17) is 26.9 Å². The van der Waals surface area contributed by atoms with Crippen LogP contribution in [0, 0.1) is 0 Å². The van der Waals surface area contributed by atoms with Crippen LogP contribution < -0.4 is 0 Å². The quantitative estimate of drug-likeness (QED) is 0.673. The lowest BCUT2D eigenvalue weighted by atomic mass is 10.1. The summed E-state index contributed by atoms with van der Waals surface area (Å²) < 4.78 is 0. The fraction of sp³-hybridized carbons (Fsp3) is 0.125. The summed E-state index contributed by atoms with van der Waals surface area (Å²) in [4.78, 5) is 10.3. The number of aromatic hydroxyl groups is 1. The molecule has 0 amide bonds. The molecule has 0 saturated carbocycles. The number of carboxylic acids is 1. The summed E-state index contributed by atoms with van der Waals surface area (Å²) in [5.74, 6) is -1.57. The van der Waals surface area contributed by atoms with Gasteiger partial charge < -0.3 is 15.3 Å². The van der Waals surface area contributed by atoms with E-state index < -0.39 is 12.1 Å². The van der Waals surface area contributed by atoms with Gasteiger partial charge in [0.05, 0.1) is 0 Å². The Morgan fingerprint density at radius 1 is 1.38 bits per heavy atom. The van der Waals surface area contributed by atoms with Crippen LogP contribution in [0.2, 0.25) is 5.02 Å². The molecular formula is C8H7ClO4. The first-order valence-corrected chi connectivity index (χ1v) is 3.79. The number of benzene rings is 1. The van der Waals surface area contributed by atoms with Gasteiger partial charge in [-0.15, -0.1) is 0 Å². The lowest BCUT2D eigenvalue weighted by molar-refractivity contribution is -0.146. The number of hydrogen-bond donors (Lipinski definition) is 3. The Morgan fingerprint density at radius 2 is 2.00 bits per heavy atom. The van der Waals surface area contributed by atoms with Crippen molar-refractivity contribution in [3.63, 3.8) is 0 Å². The number of carboxylic acid groups (broad SMARTS) is 1. The Kier molecular flexibility index (Phi) is 2.75. The van der Waals surface area contributed by atoms with Crippen LogP contribution in [0.3, 0.4) is 0 Å². The van der Waals surface area contributed by atoms with E-state index in [-0.39, 0.29) is 16.3 Å². The van der Waals surface area contributed by atoms with Crippen LogP contribution in [0.1, 0.15) is 11.7 Å². The van der Waals surface area contributed by atoms with E-state index in [1.54, 1.807) is 0 Å². The fourth-order valence-electron chi connectivity index (χ4n) is 0.897. The number of aliphatic carboxylic acids is 1. The number of phenolic OH excluding ortho intramolecular Hbond substituents is 1. The molecule has 1 atom stereocenters. The van der Waals surface area contributed by atoms with Gasteiger partial charge in [0.15, 0.2) is 6.10 Å². The zero-order chi connectivity index (χ0) is 10.0. The number of rotatable bonds is 2. The molecule has 0 aliphatic rings. The molecule has 5 heteroatoms. The molecule has 13 heavy (non-hydrogen) atoms. The first-order valence-electron chi connectivity index (χ1n) is 3.41. The van der Waals surface area contributed by atoms with E-state index >= 15 is 0 Å². The Hall–Kier alpha value is -1.26. The van der Waals surface area contributed by atoms with Crippen molar-refractivity contribution in [2.24, 2.45) is 0 Å². The molecule has 0 fully saturated rings. The highest BCUT2D eigenvalue weighted by Gasteiger charge is 2.16. The predicted octanol–water partition coefficient (Wildman–Crippen LogP) is 1.16. The maximum absolute atomic E-state index is 10.3. The molecular weight excluding hydrogens is 196 g/mol. The summed E-state index contributed by atoms with van der Waals surface area (Å²) >= 11 is 5.53. The highest BCUT2D eigenvalue weighted by atomic mass is 35.5. The van der Waals surface area contributed by atoms with Crippen LogP contribution in [-0.2, 0) is 4.79 Å². The zero-order valence-electron chi connectivity index (χ0n) is 6.44. The Balaban J connectivity index is 3.07. The van der Waals surface area contributed by atoms with Crippen molar-refractivity contribution in [2.75, 3.05) is 0 Å². The summed E-state index contributed by atoms with van der Waals surface area (Å²) in [6, 6.07) is 3.67.